The van der Waals surface area contributed by atoms with Gasteiger partial charge in [0.2, 0.25) is 0 Å². The maximum Gasteiger partial charge on any atom is 0.130 e. The average Bonchev–Trinajstić information content (AvgIpc) is 2.56. The average molecular weight is 185 g/mol. The molecule has 0 saturated carbocycles. The molecule has 1 aromatic rings. The highest BCUT2D eigenvalue weighted by Gasteiger charge is 2.19. The number of hydrogen-bond acceptors (Lipinski definition) is 2. The molecular formula is C9H9F2NO. The summed E-state index contributed by atoms with van der Waals surface area (Å²) in [5, 5.41) is 2.95. The van der Waals surface area contributed by atoms with Gasteiger partial charge in [-0.25, -0.2) is 8.78 Å². The minimum atomic E-state index is -0.555. The van der Waals surface area contributed by atoms with Gasteiger partial charge in [0.1, 0.15) is 11.6 Å². The van der Waals surface area contributed by atoms with Crippen LogP contribution in [-0.4, -0.2) is 13.3 Å². The lowest BCUT2D eigenvalue weighted by atomic mass is 10.1. The second-order valence-corrected chi connectivity index (χ2v) is 2.94. The molecule has 1 unspecified atom stereocenters. The molecule has 1 N–H and O–H groups in total. The van der Waals surface area contributed by atoms with E-state index in [2.05, 4.69) is 5.32 Å². The van der Waals surface area contributed by atoms with Gasteiger partial charge in [-0.05, 0) is 6.07 Å². The van der Waals surface area contributed by atoms with E-state index in [0.717, 1.165) is 6.07 Å². The van der Waals surface area contributed by atoms with E-state index in [1.165, 1.54) is 12.1 Å². The number of hydrogen-bond donors (Lipinski definition) is 1. The fourth-order valence-electron chi connectivity index (χ4n) is 1.38. The molecule has 1 aromatic carbocycles. The van der Waals surface area contributed by atoms with Gasteiger partial charge in [0.25, 0.3) is 0 Å². The van der Waals surface area contributed by atoms with E-state index in [-0.39, 0.29) is 6.04 Å². The maximum atomic E-state index is 13.2. The Kier molecular flexibility index (Phi) is 2.24. The topological polar surface area (TPSA) is 21.3 Å². The monoisotopic (exact) mass is 185 g/mol. The van der Waals surface area contributed by atoms with Gasteiger partial charge in [-0.2, -0.15) is 0 Å². The molecule has 4 heteroatoms. The Hall–Kier alpha value is -1.00. The number of halogens is 2. The molecule has 0 aromatic heterocycles. The molecular weight excluding hydrogens is 176 g/mol. The van der Waals surface area contributed by atoms with Gasteiger partial charge in [-0.1, -0.05) is 6.07 Å². The predicted molar refractivity (Wildman–Crippen MR) is 43.1 cm³/mol. The first-order chi connectivity index (χ1) is 6.27. The lowest BCUT2D eigenvalue weighted by molar-refractivity contribution is 0.189. The zero-order valence-corrected chi connectivity index (χ0v) is 6.89. The highest BCUT2D eigenvalue weighted by Crippen LogP contribution is 2.20. The van der Waals surface area contributed by atoms with E-state index in [4.69, 9.17) is 4.74 Å². The van der Waals surface area contributed by atoms with E-state index in [1.807, 2.05) is 0 Å². The molecule has 2 rings (SSSR count). The lowest BCUT2D eigenvalue weighted by Gasteiger charge is -2.09. The van der Waals surface area contributed by atoms with Crippen LogP contribution < -0.4 is 5.32 Å². The van der Waals surface area contributed by atoms with Crippen molar-refractivity contribution in [2.24, 2.45) is 0 Å². The summed E-state index contributed by atoms with van der Waals surface area (Å²) in [6, 6.07) is 3.42. The normalized spacial score (nSPS) is 22.2. The van der Waals surface area contributed by atoms with Crippen molar-refractivity contribution in [1.29, 1.82) is 0 Å². The van der Waals surface area contributed by atoms with Crippen LogP contribution in [0.2, 0.25) is 0 Å². The first-order valence-corrected chi connectivity index (χ1v) is 4.03. The summed E-state index contributed by atoms with van der Waals surface area (Å²) >= 11 is 0. The van der Waals surface area contributed by atoms with Crippen LogP contribution in [0.15, 0.2) is 18.2 Å². The predicted octanol–water partition coefficient (Wildman–Crippen LogP) is 1.58. The molecule has 0 spiro atoms. The molecule has 2 nitrogen and oxygen atoms in total. The van der Waals surface area contributed by atoms with Gasteiger partial charge in [-0.15, -0.1) is 0 Å². The first kappa shape index (κ1) is 8.59. The van der Waals surface area contributed by atoms with E-state index in [9.17, 15) is 8.78 Å². The molecule has 1 aliphatic heterocycles. The summed E-state index contributed by atoms with van der Waals surface area (Å²) in [6.45, 7) is 0.851. The fourth-order valence-corrected chi connectivity index (χ4v) is 1.38. The number of rotatable bonds is 1. The molecule has 0 aliphatic carbocycles. The van der Waals surface area contributed by atoms with Crippen molar-refractivity contribution in [3.8, 4) is 0 Å². The summed E-state index contributed by atoms with van der Waals surface area (Å²) in [5.41, 5.74) is 0.457. The van der Waals surface area contributed by atoms with Gasteiger partial charge in [0.15, 0.2) is 0 Å². The third kappa shape index (κ3) is 1.68. The van der Waals surface area contributed by atoms with Crippen LogP contribution >= 0.6 is 0 Å². The van der Waals surface area contributed by atoms with E-state index in [1.54, 1.807) is 0 Å². The standard InChI is InChI=1S/C9H9F2NO/c10-6-1-2-7(8(11)3-6)9-4-13-5-12-9/h1-3,9,12H,4-5H2. The first-order valence-electron chi connectivity index (χ1n) is 4.03. The summed E-state index contributed by atoms with van der Waals surface area (Å²) in [4.78, 5) is 0. The van der Waals surface area contributed by atoms with E-state index >= 15 is 0 Å². The van der Waals surface area contributed by atoms with Crippen molar-refractivity contribution >= 4 is 0 Å². The Balaban J connectivity index is 2.29. The highest BCUT2D eigenvalue weighted by atomic mass is 19.1. The molecule has 1 atom stereocenters. The molecule has 1 aliphatic rings. The zero-order chi connectivity index (χ0) is 9.26. The summed E-state index contributed by atoms with van der Waals surface area (Å²) in [7, 11) is 0. The minimum Gasteiger partial charge on any atom is -0.364 e. The van der Waals surface area contributed by atoms with Crippen LogP contribution in [0.5, 0.6) is 0 Å². The van der Waals surface area contributed by atoms with Crippen molar-refractivity contribution in [3.63, 3.8) is 0 Å². The Morgan fingerprint density at radius 3 is 2.85 bits per heavy atom. The lowest BCUT2D eigenvalue weighted by Crippen LogP contribution is -2.16. The fraction of sp³-hybridized carbons (Fsp3) is 0.333. The highest BCUT2D eigenvalue weighted by molar-refractivity contribution is 5.22. The number of benzene rings is 1. The minimum absolute atomic E-state index is 0.152. The summed E-state index contributed by atoms with van der Waals surface area (Å²) < 4.78 is 30.7. The smallest absolute Gasteiger partial charge is 0.130 e. The third-order valence-corrected chi connectivity index (χ3v) is 2.05. The van der Waals surface area contributed by atoms with Gasteiger partial charge in [-0.3, -0.25) is 5.32 Å². The van der Waals surface area contributed by atoms with Crippen molar-refractivity contribution in [1.82, 2.24) is 5.32 Å². The molecule has 1 heterocycles. The largest absolute Gasteiger partial charge is 0.364 e. The van der Waals surface area contributed by atoms with Crippen LogP contribution in [0.1, 0.15) is 11.6 Å². The van der Waals surface area contributed by atoms with Gasteiger partial charge >= 0.3 is 0 Å². The number of nitrogens with one attached hydrogen (secondary N) is 1. The van der Waals surface area contributed by atoms with Gasteiger partial charge in [0, 0.05) is 11.6 Å². The van der Waals surface area contributed by atoms with E-state index < -0.39 is 11.6 Å². The SMILES string of the molecule is Fc1ccc(C2COCN2)c(F)c1. The van der Waals surface area contributed by atoms with Crippen LogP contribution in [0.3, 0.4) is 0 Å². The van der Waals surface area contributed by atoms with Gasteiger partial charge < -0.3 is 4.74 Å². The van der Waals surface area contributed by atoms with E-state index in [0.29, 0.717) is 18.9 Å². The van der Waals surface area contributed by atoms with Gasteiger partial charge in [0.05, 0.1) is 19.4 Å². The summed E-state index contributed by atoms with van der Waals surface area (Å²) in [6.07, 6.45) is 0. The molecule has 0 bridgehead atoms. The maximum absolute atomic E-state index is 13.2. The second kappa shape index (κ2) is 3.40. The van der Waals surface area contributed by atoms with Crippen LogP contribution in [0.25, 0.3) is 0 Å². The Labute approximate surface area is 74.5 Å². The summed E-state index contributed by atoms with van der Waals surface area (Å²) in [5.74, 6) is -1.08. The van der Waals surface area contributed by atoms with Crippen LogP contribution in [-0.2, 0) is 4.74 Å². The quantitative estimate of drug-likeness (QED) is 0.717. The molecule has 0 radical (unpaired) electrons. The van der Waals surface area contributed by atoms with Crippen molar-refractivity contribution in [3.05, 3.63) is 35.4 Å². The Morgan fingerprint density at radius 1 is 1.38 bits per heavy atom. The Bertz CT molecular complexity index is 310. The Morgan fingerprint density at radius 2 is 2.23 bits per heavy atom. The van der Waals surface area contributed by atoms with Crippen LogP contribution in [0.4, 0.5) is 8.78 Å². The third-order valence-electron chi connectivity index (χ3n) is 2.05. The second-order valence-electron chi connectivity index (χ2n) is 2.94. The molecule has 1 saturated heterocycles. The number of ether oxygens (including phenoxy) is 1. The molecule has 70 valence electrons. The molecule has 1 fully saturated rings. The molecule has 13 heavy (non-hydrogen) atoms. The molecule has 0 amide bonds. The zero-order valence-electron chi connectivity index (χ0n) is 6.89. The van der Waals surface area contributed by atoms with Crippen LogP contribution in [0, 0.1) is 11.6 Å². The van der Waals surface area contributed by atoms with Crippen molar-refractivity contribution < 1.29 is 13.5 Å². The van der Waals surface area contributed by atoms with Crippen molar-refractivity contribution in [2.45, 2.75) is 6.04 Å². The van der Waals surface area contributed by atoms with Crippen molar-refractivity contribution in [2.75, 3.05) is 13.3 Å².